The smallest absolute Gasteiger partial charge is 0.247 e. The molecule has 118 valence electrons. The van der Waals surface area contributed by atoms with Crippen molar-refractivity contribution in [3.05, 3.63) is 65.2 Å². The maximum atomic E-state index is 12.4. The van der Waals surface area contributed by atoms with Crippen LogP contribution >= 0.6 is 0 Å². The molecule has 1 aliphatic heterocycles. The monoisotopic (exact) mass is 308 g/mol. The van der Waals surface area contributed by atoms with Gasteiger partial charge in [0.25, 0.3) is 0 Å². The molecule has 4 nitrogen and oxygen atoms in total. The Morgan fingerprint density at radius 1 is 1.22 bits per heavy atom. The van der Waals surface area contributed by atoms with Crippen molar-refractivity contribution in [1.29, 1.82) is 0 Å². The minimum atomic E-state index is 0.0282. The number of ether oxygens (including phenoxy) is 1. The highest BCUT2D eigenvalue weighted by Gasteiger charge is 2.21. The fourth-order valence-electron chi connectivity index (χ4n) is 2.79. The molecule has 23 heavy (non-hydrogen) atoms. The van der Waals surface area contributed by atoms with Gasteiger partial charge in [0, 0.05) is 6.42 Å². The van der Waals surface area contributed by atoms with Gasteiger partial charge in [-0.1, -0.05) is 42.5 Å². The molecule has 0 atom stereocenters. The molecule has 0 radical (unpaired) electrons. The molecule has 3 rings (SSSR count). The number of benzene rings is 2. The molecule has 0 saturated carbocycles. The second-order valence-electron chi connectivity index (χ2n) is 5.66. The Kier molecular flexibility index (Phi) is 4.42. The number of amides is 1. The summed E-state index contributed by atoms with van der Waals surface area (Å²) in [4.78, 5) is 12.4. The van der Waals surface area contributed by atoms with Gasteiger partial charge in [0.05, 0.1) is 25.8 Å². The van der Waals surface area contributed by atoms with Crippen molar-refractivity contribution >= 4 is 11.6 Å². The van der Waals surface area contributed by atoms with Gasteiger partial charge in [-0.05, 0) is 29.7 Å². The molecule has 0 spiro atoms. The quantitative estimate of drug-likeness (QED) is 0.870. The third-order valence-corrected chi connectivity index (χ3v) is 4.01. The minimum Gasteiger partial charge on any atom is -0.496 e. The summed E-state index contributed by atoms with van der Waals surface area (Å²) in [6, 6.07) is 15.8. The molecule has 2 aromatic rings. The number of rotatable bonds is 4. The molecule has 0 aliphatic carbocycles. The van der Waals surface area contributed by atoms with E-state index >= 15 is 0 Å². The Morgan fingerprint density at radius 3 is 2.70 bits per heavy atom. The number of methoxy groups -OCH3 is 1. The van der Waals surface area contributed by atoms with Crippen molar-refractivity contribution in [2.24, 2.45) is 5.10 Å². The molecule has 0 bridgehead atoms. The van der Waals surface area contributed by atoms with Crippen LogP contribution in [0, 0.1) is 6.92 Å². The summed E-state index contributed by atoms with van der Waals surface area (Å²) in [6.45, 7) is 2.63. The summed E-state index contributed by atoms with van der Waals surface area (Å²) < 4.78 is 5.25. The largest absolute Gasteiger partial charge is 0.496 e. The predicted molar refractivity (Wildman–Crippen MR) is 90.7 cm³/mol. The molecule has 4 heteroatoms. The van der Waals surface area contributed by atoms with Gasteiger partial charge in [-0.2, -0.15) is 5.10 Å². The highest BCUT2D eigenvalue weighted by molar-refractivity contribution is 6.02. The van der Waals surface area contributed by atoms with E-state index in [9.17, 15) is 4.79 Å². The van der Waals surface area contributed by atoms with Crippen molar-refractivity contribution in [2.45, 2.75) is 19.8 Å². The van der Waals surface area contributed by atoms with E-state index in [4.69, 9.17) is 4.74 Å². The molecule has 1 heterocycles. The first-order chi connectivity index (χ1) is 11.2. The van der Waals surface area contributed by atoms with Gasteiger partial charge < -0.3 is 4.74 Å². The van der Waals surface area contributed by atoms with E-state index in [0.717, 1.165) is 34.6 Å². The number of aryl methyl sites for hydroxylation is 1. The zero-order valence-corrected chi connectivity index (χ0v) is 13.5. The van der Waals surface area contributed by atoms with Crippen molar-refractivity contribution in [2.75, 3.05) is 13.7 Å². The van der Waals surface area contributed by atoms with E-state index in [1.165, 1.54) is 0 Å². The first-order valence-corrected chi connectivity index (χ1v) is 7.74. The first kappa shape index (κ1) is 15.3. The summed E-state index contributed by atoms with van der Waals surface area (Å²) in [5.74, 6) is 0.868. The summed E-state index contributed by atoms with van der Waals surface area (Å²) in [5.41, 5.74) is 4.08. The van der Waals surface area contributed by atoms with Crippen LogP contribution < -0.4 is 4.74 Å². The van der Waals surface area contributed by atoms with E-state index in [1.54, 1.807) is 12.1 Å². The average Bonchev–Trinajstić information content (AvgIpc) is 3.06. The molecular weight excluding hydrogens is 288 g/mol. The minimum absolute atomic E-state index is 0.0282. The Morgan fingerprint density at radius 2 is 2.00 bits per heavy atom. The van der Waals surface area contributed by atoms with E-state index < -0.39 is 0 Å². The SMILES string of the molecule is COc1ccc(CC(=O)N2CCC(c3ccccc3)=N2)cc1C. The van der Waals surface area contributed by atoms with Crippen LogP contribution in [0.15, 0.2) is 53.6 Å². The number of nitrogens with zero attached hydrogens (tertiary/aromatic N) is 2. The Bertz CT molecular complexity index is 738. The Balaban J connectivity index is 1.70. The van der Waals surface area contributed by atoms with Crippen LogP contribution in [0.25, 0.3) is 0 Å². The van der Waals surface area contributed by atoms with Crippen LogP contribution in [0.2, 0.25) is 0 Å². The van der Waals surface area contributed by atoms with Crippen LogP contribution in [-0.4, -0.2) is 30.3 Å². The zero-order chi connectivity index (χ0) is 16.2. The fraction of sp³-hybridized carbons (Fsp3) is 0.263. The van der Waals surface area contributed by atoms with Gasteiger partial charge in [0.1, 0.15) is 5.75 Å². The van der Waals surface area contributed by atoms with Crippen molar-refractivity contribution in [3.63, 3.8) is 0 Å². The lowest BCUT2D eigenvalue weighted by atomic mass is 10.1. The van der Waals surface area contributed by atoms with Crippen LogP contribution in [-0.2, 0) is 11.2 Å². The van der Waals surface area contributed by atoms with Crippen molar-refractivity contribution in [3.8, 4) is 5.75 Å². The van der Waals surface area contributed by atoms with E-state index in [-0.39, 0.29) is 5.91 Å². The zero-order valence-electron chi connectivity index (χ0n) is 13.5. The molecular formula is C19H20N2O2. The van der Waals surface area contributed by atoms with Crippen LogP contribution in [0.5, 0.6) is 5.75 Å². The van der Waals surface area contributed by atoms with Gasteiger partial charge in [-0.3, -0.25) is 4.79 Å². The van der Waals surface area contributed by atoms with Gasteiger partial charge >= 0.3 is 0 Å². The highest BCUT2D eigenvalue weighted by atomic mass is 16.5. The number of hydrogen-bond donors (Lipinski definition) is 0. The summed E-state index contributed by atoms with van der Waals surface area (Å²) >= 11 is 0. The summed E-state index contributed by atoms with van der Waals surface area (Å²) in [7, 11) is 1.65. The molecule has 1 aliphatic rings. The van der Waals surface area contributed by atoms with Gasteiger partial charge in [0.2, 0.25) is 5.91 Å². The molecule has 0 aromatic heterocycles. The van der Waals surface area contributed by atoms with Crippen molar-refractivity contribution < 1.29 is 9.53 Å². The van der Waals surface area contributed by atoms with E-state index in [0.29, 0.717) is 13.0 Å². The van der Waals surface area contributed by atoms with Crippen LogP contribution in [0.4, 0.5) is 0 Å². The topological polar surface area (TPSA) is 41.9 Å². The standard InChI is InChI=1S/C19H20N2O2/c1-14-12-15(8-9-18(14)23-2)13-19(22)21-11-10-17(20-21)16-6-4-3-5-7-16/h3-9,12H,10-11,13H2,1-2H3. The molecule has 0 N–H and O–H groups in total. The maximum absolute atomic E-state index is 12.4. The van der Waals surface area contributed by atoms with Gasteiger partial charge in [0.15, 0.2) is 0 Å². The van der Waals surface area contributed by atoms with Crippen LogP contribution in [0.3, 0.4) is 0 Å². The summed E-state index contributed by atoms with van der Waals surface area (Å²) in [6.07, 6.45) is 1.16. The highest BCUT2D eigenvalue weighted by Crippen LogP contribution is 2.20. The molecule has 0 fully saturated rings. The molecule has 0 unspecified atom stereocenters. The van der Waals surface area contributed by atoms with Gasteiger partial charge in [-0.25, -0.2) is 5.01 Å². The van der Waals surface area contributed by atoms with Crippen LogP contribution in [0.1, 0.15) is 23.1 Å². The average molecular weight is 308 g/mol. The normalized spacial score (nSPS) is 13.8. The number of carbonyl (C=O) groups excluding carboxylic acids is 1. The van der Waals surface area contributed by atoms with Crippen molar-refractivity contribution in [1.82, 2.24) is 5.01 Å². The molecule has 1 amide bonds. The second kappa shape index (κ2) is 6.65. The fourth-order valence-corrected chi connectivity index (χ4v) is 2.79. The molecule has 2 aromatic carbocycles. The first-order valence-electron chi connectivity index (χ1n) is 7.74. The Labute approximate surface area is 136 Å². The lowest BCUT2D eigenvalue weighted by Crippen LogP contribution is -2.25. The second-order valence-corrected chi connectivity index (χ2v) is 5.66. The number of hydrogen-bond acceptors (Lipinski definition) is 3. The predicted octanol–water partition coefficient (Wildman–Crippen LogP) is 3.18. The Hall–Kier alpha value is -2.62. The van der Waals surface area contributed by atoms with E-state index in [1.807, 2.05) is 55.5 Å². The number of carbonyl (C=O) groups is 1. The third-order valence-electron chi connectivity index (χ3n) is 4.01. The van der Waals surface area contributed by atoms with Gasteiger partial charge in [-0.15, -0.1) is 0 Å². The maximum Gasteiger partial charge on any atom is 0.247 e. The third kappa shape index (κ3) is 3.42. The lowest BCUT2D eigenvalue weighted by molar-refractivity contribution is -0.130. The molecule has 0 saturated heterocycles. The van der Waals surface area contributed by atoms with E-state index in [2.05, 4.69) is 5.10 Å². The number of hydrazone groups is 1. The summed E-state index contributed by atoms with van der Waals surface area (Å²) in [5, 5.41) is 6.07. The lowest BCUT2D eigenvalue weighted by Gasteiger charge is -2.12.